The topological polar surface area (TPSA) is 25.1 Å². The van der Waals surface area contributed by atoms with E-state index in [1.807, 2.05) is 12.2 Å². The summed E-state index contributed by atoms with van der Waals surface area (Å²) < 4.78 is 10.6. The van der Waals surface area contributed by atoms with Gasteiger partial charge in [0.05, 0.1) is 19.3 Å². The molecule has 3 unspecified atom stereocenters. The van der Waals surface area contributed by atoms with Crippen LogP contribution in [0, 0.1) is 5.92 Å². The molecule has 0 N–H and O–H groups in total. The lowest BCUT2D eigenvalue weighted by atomic mass is 9.89. The fourth-order valence-electron chi connectivity index (χ4n) is 1.55. The van der Waals surface area contributed by atoms with Crippen LogP contribution in [-0.4, -0.2) is 24.9 Å². The summed E-state index contributed by atoms with van der Waals surface area (Å²) in [4.78, 5) is 0. The van der Waals surface area contributed by atoms with Gasteiger partial charge in [-0.25, -0.2) is 0 Å². The Labute approximate surface area is 72.9 Å². The van der Waals surface area contributed by atoms with Crippen molar-refractivity contribution in [2.24, 2.45) is 5.92 Å². The van der Waals surface area contributed by atoms with Crippen LogP contribution in [0.25, 0.3) is 0 Å². The Kier molecular flexibility index (Phi) is 1.81. The van der Waals surface area contributed by atoms with Gasteiger partial charge in [-0.05, 0) is 6.42 Å². The van der Waals surface area contributed by atoms with E-state index in [1.54, 1.807) is 0 Å². The van der Waals surface area contributed by atoms with Crippen LogP contribution in [-0.2, 0) is 9.47 Å². The third-order valence-corrected chi connectivity index (χ3v) is 2.65. The molecule has 66 valence electrons. The van der Waals surface area contributed by atoms with Crippen LogP contribution in [0.1, 0.15) is 6.42 Å². The predicted molar refractivity (Wildman–Crippen MR) is 46.9 cm³/mol. The first kappa shape index (κ1) is 8.02. The van der Waals surface area contributed by atoms with E-state index in [1.165, 1.54) is 0 Å². The van der Waals surface area contributed by atoms with E-state index < -0.39 is 0 Å². The van der Waals surface area contributed by atoms with Crippen molar-refractivity contribution >= 4 is 0 Å². The van der Waals surface area contributed by atoms with Crippen molar-refractivity contribution in [3.8, 4) is 0 Å². The molecule has 0 radical (unpaired) electrons. The smallest absolute Gasteiger partial charge is 0.116 e. The summed E-state index contributed by atoms with van der Waals surface area (Å²) in [6, 6.07) is 0. The molecule has 2 rings (SSSR count). The van der Waals surface area contributed by atoms with Crippen LogP contribution in [0.4, 0.5) is 0 Å². The van der Waals surface area contributed by atoms with Crippen molar-refractivity contribution in [2.75, 3.05) is 13.2 Å². The first-order chi connectivity index (χ1) is 5.80. The van der Waals surface area contributed by atoms with E-state index in [2.05, 4.69) is 13.2 Å². The summed E-state index contributed by atoms with van der Waals surface area (Å²) in [6.45, 7) is 9.28. The van der Waals surface area contributed by atoms with Gasteiger partial charge >= 0.3 is 0 Å². The molecule has 0 aliphatic carbocycles. The largest absolute Gasteiger partial charge is 0.373 e. The van der Waals surface area contributed by atoms with Crippen LogP contribution < -0.4 is 0 Å². The van der Waals surface area contributed by atoms with E-state index in [0.717, 1.165) is 19.6 Å². The highest BCUT2D eigenvalue weighted by Crippen LogP contribution is 2.41. The van der Waals surface area contributed by atoms with Gasteiger partial charge in [0.25, 0.3) is 0 Å². The summed E-state index contributed by atoms with van der Waals surface area (Å²) >= 11 is 0. The minimum absolute atomic E-state index is 0.103. The molecule has 0 aromatic rings. The van der Waals surface area contributed by atoms with Gasteiger partial charge in [0.2, 0.25) is 0 Å². The predicted octanol–water partition coefficient (Wildman–Crippen LogP) is 1.53. The molecular formula is C10H14O2. The average Bonchev–Trinajstić information content (AvgIpc) is 2.95. The highest BCUT2D eigenvalue weighted by molar-refractivity contribution is 5.15. The molecule has 2 aliphatic rings. The third kappa shape index (κ3) is 1.32. The van der Waals surface area contributed by atoms with Crippen molar-refractivity contribution in [3.63, 3.8) is 0 Å². The first-order valence-corrected chi connectivity index (χ1v) is 4.32. The molecule has 12 heavy (non-hydrogen) atoms. The van der Waals surface area contributed by atoms with Crippen molar-refractivity contribution in [1.82, 2.24) is 0 Å². The van der Waals surface area contributed by atoms with Crippen LogP contribution in [0.5, 0.6) is 0 Å². The summed E-state index contributed by atoms with van der Waals surface area (Å²) in [6.07, 6.45) is 5.31. The maximum atomic E-state index is 5.38. The van der Waals surface area contributed by atoms with E-state index in [-0.39, 0.29) is 5.60 Å². The number of epoxide rings is 2. The summed E-state index contributed by atoms with van der Waals surface area (Å²) in [7, 11) is 0. The second-order valence-corrected chi connectivity index (χ2v) is 3.48. The highest BCUT2D eigenvalue weighted by atomic mass is 16.6. The van der Waals surface area contributed by atoms with Gasteiger partial charge in [0.1, 0.15) is 5.60 Å². The maximum Gasteiger partial charge on any atom is 0.116 e. The SMILES string of the molecule is C=CC(CC1CO1)C1(C=C)CO1. The van der Waals surface area contributed by atoms with Gasteiger partial charge in [-0.15, -0.1) is 13.2 Å². The van der Waals surface area contributed by atoms with Gasteiger partial charge in [0.15, 0.2) is 0 Å². The fourth-order valence-corrected chi connectivity index (χ4v) is 1.55. The quantitative estimate of drug-likeness (QED) is 0.457. The van der Waals surface area contributed by atoms with Crippen LogP contribution in [0.3, 0.4) is 0 Å². The molecule has 3 atom stereocenters. The lowest BCUT2D eigenvalue weighted by molar-refractivity contribution is 0.267. The lowest BCUT2D eigenvalue weighted by Gasteiger charge is -2.15. The minimum Gasteiger partial charge on any atom is -0.373 e. The molecule has 0 aromatic carbocycles. The number of ether oxygens (including phenoxy) is 2. The molecule has 0 spiro atoms. The molecule has 2 fully saturated rings. The van der Waals surface area contributed by atoms with Gasteiger partial charge in [0, 0.05) is 5.92 Å². The standard InChI is InChI=1S/C10H14O2/c1-3-8(5-9-6-11-9)10(4-2)7-12-10/h3-4,8-9H,1-2,5-7H2. The van der Waals surface area contributed by atoms with Crippen molar-refractivity contribution in [1.29, 1.82) is 0 Å². The second-order valence-electron chi connectivity index (χ2n) is 3.48. The van der Waals surface area contributed by atoms with Crippen molar-refractivity contribution in [2.45, 2.75) is 18.1 Å². The Morgan fingerprint density at radius 3 is 2.58 bits per heavy atom. The zero-order valence-corrected chi connectivity index (χ0v) is 7.16. The van der Waals surface area contributed by atoms with Crippen molar-refractivity contribution in [3.05, 3.63) is 25.3 Å². The van der Waals surface area contributed by atoms with E-state index in [9.17, 15) is 0 Å². The zero-order chi connectivity index (χ0) is 8.60. The lowest BCUT2D eigenvalue weighted by Crippen LogP contribution is -2.21. The fraction of sp³-hybridized carbons (Fsp3) is 0.600. The number of hydrogen-bond acceptors (Lipinski definition) is 2. The minimum atomic E-state index is -0.103. The molecule has 2 saturated heterocycles. The van der Waals surface area contributed by atoms with E-state index in [4.69, 9.17) is 9.47 Å². The second kappa shape index (κ2) is 2.71. The van der Waals surface area contributed by atoms with Crippen molar-refractivity contribution < 1.29 is 9.47 Å². The molecule has 2 aliphatic heterocycles. The summed E-state index contributed by atoms with van der Waals surface area (Å²) in [5.41, 5.74) is -0.103. The molecule has 0 saturated carbocycles. The number of hydrogen-bond donors (Lipinski definition) is 0. The molecule has 0 aromatic heterocycles. The molecule has 2 heteroatoms. The van der Waals surface area contributed by atoms with Gasteiger partial charge in [-0.3, -0.25) is 0 Å². The average molecular weight is 166 g/mol. The molecule has 0 amide bonds. The highest BCUT2D eigenvalue weighted by Gasteiger charge is 2.49. The third-order valence-electron chi connectivity index (χ3n) is 2.65. The summed E-state index contributed by atoms with van der Waals surface area (Å²) in [5.74, 6) is 0.377. The Morgan fingerprint density at radius 1 is 1.58 bits per heavy atom. The van der Waals surface area contributed by atoms with Gasteiger partial charge in [-0.1, -0.05) is 12.2 Å². The van der Waals surface area contributed by atoms with Crippen LogP contribution >= 0.6 is 0 Å². The van der Waals surface area contributed by atoms with Gasteiger partial charge in [-0.2, -0.15) is 0 Å². The molecule has 2 heterocycles. The molecule has 2 nitrogen and oxygen atoms in total. The summed E-state index contributed by atoms with van der Waals surface area (Å²) in [5, 5.41) is 0. The van der Waals surface area contributed by atoms with Gasteiger partial charge < -0.3 is 9.47 Å². The Hall–Kier alpha value is -0.600. The van der Waals surface area contributed by atoms with E-state index in [0.29, 0.717) is 12.0 Å². The first-order valence-electron chi connectivity index (χ1n) is 4.32. The molecular weight excluding hydrogens is 152 g/mol. The monoisotopic (exact) mass is 166 g/mol. The zero-order valence-electron chi connectivity index (χ0n) is 7.16. The Bertz CT molecular complexity index is 202. The normalized spacial score (nSPS) is 40.2. The molecule has 0 bridgehead atoms. The van der Waals surface area contributed by atoms with E-state index >= 15 is 0 Å². The van der Waals surface area contributed by atoms with Crippen LogP contribution in [0.15, 0.2) is 25.3 Å². The Balaban J connectivity index is 1.96. The maximum absolute atomic E-state index is 5.38. The number of rotatable bonds is 5. The van der Waals surface area contributed by atoms with Crippen LogP contribution in [0.2, 0.25) is 0 Å². The Morgan fingerprint density at radius 2 is 2.25 bits per heavy atom.